The van der Waals surface area contributed by atoms with Crippen LogP contribution in [-0.4, -0.2) is 31.2 Å². The molecule has 0 amide bonds. The minimum Gasteiger partial charge on any atom is -0.493 e. The quantitative estimate of drug-likeness (QED) is 0.660. The normalized spacial score (nSPS) is 12.4. The summed E-state index contributed by atoms with van der Waals surface area (Å²) < 4.78 is 5.65. The fraction of sp³-hybridized carbons (Fsp3) is 0.625. The number of thioether (sulfide) groups is 1. The molecule has 0 aliphatic heterocycles. The zero-order valence-electron chi connectivity index (χ0n) is 12.4. The molecule has 19 heavy (non-hydrogen) atoms. The lowest BCUT2D eigenvalue weighted by atomic mass is 10.1. The molecule has 1 N–H and O–H groups in total. The van der Waals surface area contributed by atoms with Gasteiger partial charge in [-0.3, -0.25) is 0 Å². The summed E-state index contributed by atoms with van der Waals surface area (Å²) in [6.07, 6.45) is 5.61. The highest BCUT2D eigenvalue weighted by molar-refractivity contribution is 7.98. The van der Waals surface area contributed by atoms with Gasteiger partial charge in [-0.2, -0.15) is 11.8 Å². The molecule has 1 rings (SSSR count). The van der Waals surface area contributed by atoms with E-state index < -0.39 is 0 Å². The van der Waals surface area contributed by atoms with Crippen molar-refractivity contribution in [3.05, 3.63) is 29.8 Å². The van der Waals surface area contributed by atoms with E-state index in [9.17, 15) is 0 Å². The van der Waals surface area contributed by atoms with Crippen molar-refractivity contribution >= 4 is 11.8 Å². The highest BCUT2D eigenvalue weighted by Crippen LogP contribution is 2.14. The van der Waals surface area contributed by atoms with Gasteiger partial charge in [0.2, 0.25) is 0 Å². The van der Waals surface area contributed by atoms with E-state index in [-0.39, 0.29) is 0 Å². The third-order valence-corrected chi connectivity index (χ3v) is 3.66. The lowest BCUT2D eigenvalue weighted by Gasteiger charge is -2.13. The number of aryl methyl sites for hydroxylation is 1. The third kappa shape index (κ3) is 7.48. The molecule has 0 aliphatic carbocycles. The number of hydrogen-bond acceptors (Lipinski definition) is 3. The maximum atomic E-state index is 5.65. The highest BCUT2D eigenvalue weighted by Gasteiger charge is 2.01. The van der Waals surface area contributed by atoms with Crippen LogP contribution < -0.4 is 10.1 Å². The van der Waals surface area contributed by atoms with E-state index in [0.717, 1.165) is 31.1 Å². The van der Waals surface area contributed by atoms with Gasteiger partial charge in [0.1, 0.15) is 5.75 Å². The molecule has 0 spiro atoms. The SMILES string of the molecule is CCCNC(C)CCc1ccc(OCCSC)cc1. The van der Waals surface area contributed by atoms with Crippen LogP contribution in [-0.2, 0) is 6.42 Å². The molecule has 0 aromatic heterocycles. The van der Waals surface area contributed by atoms with Gasteiger partial charge < -0.3 is 10.1 Å². The smallest absolute Gasteiger partial charge is 0.119 e. The Bertz CT molecular complexity index is 326. The first-order valence-electron chi connectivity index (χ1n) is 7.20. The second-order valence-corrected chi connectivity index (χ2v) is 5.86. The van der Waals surface area contributed by atoms with Crippen molar-refractivity contribution in [2.24, 2.45) is 0 Å². The monoisotopic (exact) mass is 281 g/mol. The number of nitrogens with one attached hydrogen (secondary N) is 1. The van der Waals surface area contributed by atoms with Crippen LogP contribution in [0.1, 0.15) is 32.3 Å². The van der Waals surface area contributed by atoms with Crippen molar-refractivity contribution in [3.8, 4) is 5.75 Å². The molecule has 3 heteroatoms. The Morgan fingerprint density at radius 3 is 2.63 bits per heavy atom. The van der Waals surface area contributed by atoms with Crippen LogP contribution in [0.15, 0.2) is 24.3 Å². The molecule has 1 atom stereocenters. The molecular weight excluding hydrogens is 254 g/mol. The van der Waals surface area contributed by atoms with Gasteiger partial charge in [0.15, 0.2) is 0 Å². The first-order chi connectivity index (χ1) is 9.26. The van der Waals surface area contributed by atoms with Gasteiger partial charge in [0, 0.05) is 11.8 Å². The Hall–Kier alpha value is -0.670. The molecule has 0 aliphatic rings. The van der Waals surface area contributed by atoms with Crippen molar-refractivity contribution in [2.45, 2.75) is 39.2 Å². The molecule has 0 heterocycles. The van der Waals surface area contributed by atoms with Crippen molar-refractivity contribution in [1.29, 1.82) is 0 Å². The summed E-state index contributed by atoms with van der Waals surface area (Å²) in [5.41, 5.74) is 1.39. The number of rotatable bonds is 10. The van der Waals surface area contributed by atoms with Gasteiger partial charge in [-0.25, -0.2) is 0 Å². The average molecular weight is 281 g/mol. The second-order valence-electron chi connectivity index (χ2n) is 4.88. The molecule has 0 fully saturated rings. The predicted molar refractivity (Wildman–Crippen MR) is 86.4 cm³/mol. The van der Waals surface area contributed by atoms with Crippen LogP contribution in [0.2, 0.25) is 0 Å². The number of ether oxygens (including phenoxy) is 1. The molecule has 0 radical (unpaired) electrons. The second kappa shape index (κ2) is 10.2. The van der Waals surface area contributed by atoms with Gasteiger partial charge in [-0.05, 0) is 56.7 Å². The van der Waals surface area contributed by atoms with Crippen molar-refractivity contribution in [2.75, 3.05) is 25.2 Å². The Labute approximate surface area is 122 Å². The summed E-state index contributed by atoms with van der Waals surface area (Å²) in [6.45, 7) is 6.37. The zero-order valence-corrected chi connectivity index (χ0v) is 13.3. The minimum absolute atomic E-state index is 0.595. The predicted octanol–water partition coefficient (Wildman–Crippen LogP) is 3.75. The van der Waals surface area contributed by atoms with E-state index in [1.165, 1.54) is 18.4 Å². The van der Waals surface area contributed by atoms with Crippen molar-refractivity contribution in [1.82, 2.24) is 5.32 Å². The van der Waals surface area contributed by atoms with Gasteiger partial charge >= 0.3 is 0 Å². The third-order valence-electron chi connectivity index (χ3n) is 3.09. The summed E-state index contributed by atoms with van der Waals surface area (Å²) in [7, 11) is 0. The van der Waals surface area contributed by atoms with Gasteiger partial charge in [0.25, 0.3) is 0 Å². The van der Waals surface area contributed by atoms with Crippen molar-refractivity contribution in [3.63, 3.8) is 0 Å². The Morgan fingerprint density at radius 2 is 2.00 bits per heavy atom. The van der Waals surface area contributed by atoms with Crippen LogP contribution in [0.3, 0.4) is 0 Å². The maximum absolute atomic E-state index is 5.65. The highest BCUT2D eigenvalue weighted by atomic mass is 32.2. The lowest BCUT2D eigenvalue weighted by Crippen LogP contribution is -2.27. The average Bonchev–Trinajstić information content (AvgIpc) is 2.44. The van der Waals surface area contributed by atoms with E-state index in [4.69, 9.17) is 4.74 Å². The maximum Gasteiger partial charge on any atom is 0.119 e. The van der Waals surface area contributed by atoms with Crippen LogP contribution in [0, 0.1) is 0 Å². The van der Waals surface area contributed by atoms with E-state index in [0.29, 0.717) is 6.04 Å². The topological polar surface area (TPSA) is 21.3 Å². The standard InChI is InChI=1S/C16H27NOS/c1-4-11-17-14(2)5-6-15-7-9-16(10-8-15)18-12-13-19-3/h7-10,14,17H,4-6,11-13H2,1-3H3. The Kier molecular flexibility index (Phi) is 8.76. The summed E-state index contributed by atoms with van der Waals surface area (Å²) in [5.74, 6) is 2.03. The number of benzene rings is 1. The summed E-state index contributed by atoms with van der Waals surface area (Å²) >= 11 is 1.81. The zero-order chi connectivity index (χ0) is 13.9. The van der Waals surface area contributed by atoms with Gasteiger partial charge in [0.05, 0.1) is 6.61 Å². The van der Waals surface area contributed by atoms with Crippen molar-refractivity contribution < 1.29 is 4.74 Å². The molecule has 0 saturated heterocycles. The minimum atomic E-state index is 0.595. The molecule has 2 nitrogen and oxygen atoms in total. The lowest BCUT2D eigenvalue weighted by molar-refractivity contribution is 0.344. The summed E-state index contributed by atoms with van der Waals surface area (Å²) in [5, 5.41) is 3.52. The Morgan fingerprint density at radius 1 is 1.26 bits per heavy atom. The molecule has 1 aromatic carbocycles. The molecule has 0 bridgehead atoms. The fourth-order valence-electron chi connectivity index (χ4n) is 1.87. The van der Waals surface area contributed by atoms with Gasteiger partial charge in [-0.1, -0.05) is 19.1 Å². The largest absolute Gasteiger partial charge is 0.493 e. The molecular formula is C16H27NOS. The number of hydrogen-bond donors (Lipinski definition) is 1. The molecule has 0 saturated carbocycles. The fourth-order valence-corrected chi connectivity index (χ4v) is 2.12. The molecule has 1 unspecified atom stereocenters. The van der Waals surface area contributed by atoms with Gasteiger partial charge in [-0.15, -0.1) is 0 Å². The summed E-state index contributed by atoms with van der Waals surface area (Å²) in [4.78, 5) is 0. The summed E-state index contributed by atoms with van der Waals surface area (Å²) in [6, 6.07) is 9.12. The van der Waals surface area contributed by atoms with E-state index in [1.807, 2.05) is 11.8 Å². The van der Waals surface area contributed by atoms with E-state index >= 15 is 0 Å². The van der Waals surface area contributed by atoms with Crippen LogP contribution >= 0.6 is 11.8 Å². The van der Waals surface area contributed by atoms with Crippen LogP contribution in [0.5, 0.6) is 5.75 Å². The first-order valence-corrected chi connectivity index (χ1v) is 8.59. The molecule has 1 aromatic rings. The van der Waals surface area contributed by atoms with Crippen LogP contribution in [0.4, 0.5) is 0 Å². The van der Waals surface area contributed by atoms with E-state index in [1.54, 1.807) is 0 Å². The Balaban J connectivity index is 2.27. The van der Waals surface area contributed by atoms with Crippen LogP contribution in [0.25, 0.3) is 0 Å². The molecule has 108 valence electrons. The first kappa shape index (κ1) is 16.4. The van der Waals surface area contributed by atoms with E-state index in [2.05, 4.69) is 49.7 Å².